The third-order valence-corrected chi connectivity index (χ3v) is 6.86. The van der Waals surface area contributed by atoms with Crippen molar-refractivity contribution in [2.75, 3.05) is 19.6 Å². The molecule has 2 saturated heterocycles. The number of carbonyl (C=O) groups excluding carboxylic acids is 4. The number of carboxylic acids is 1. The Morgan fingerprint density at radius 3 is 2.27 bits per heavy atom. The first-order valence-corrected chi connectivity index (χ1v) is 12.5. The van der Waals surface area contributed by atoms with Crippen molar-refractivity contribution in [2.45, 2.75) is 76.0 Å². The molecule has 0 radical (unpaired) electrons. The van der Waals surface area contributed by atoms with Crippen LogP contribution in [0, 0.1) is 0 Å². The van der Waals surface area contributed by atoms with Gasteiger partial charge < -0.3 is 25.8 Å². The highest BCUT2D eigenvalue weighted by Gasteiger charge is 2.47. The van der Waals surface area contributed by atoms with E-state index < -0.39 is 53.4 Å². The highest BCUT2D eigenvalue weighted by atomic mass is 16.6. The fourth-order valence-corrected chi connectivity index (χ4v) is 4.98. The van der Waals surface area contributed by atoms with Crippen molar-refractivity contribution in [3.63, 3.8) is 0 Å². The maximum absolute atomic E-state index is 13.5. The van der Waals surface area contributed by atoms with E-state index >= 15 is 0 Å². The first-order valence-electron chi connectivity index (χ1n) is 12.5. The lowest BCUT2D eigenvalue weighted by molar-refractivity contribution is -0.145. The molecule has 0 unspecified atom stereocenters. The van der Waals surface area contributed by atoms with E-state index in [1.165, 1.54) is 4.90 Å². The normalized spacial score (nSPS) is 20.1. The predicted molar refractivity (Wildman–Crippen MR) is 133 cm³/mol. The maximum Gasteiger partial charge on any atom is 0.410 e. The van der Waals surface area contributed by atoms with Gasteiger partial charge in [-0.15, -0.1) is 0 Å². The minimum Gasteiger partial charge on any atom is -0.480 e. The minimum atomic E-state index is -1.45. The SMILES string of the molecule is CC(C)(C)OC(=O)N1CCC[C@H]1C(=O)N1CCC(C(=O)N[C@@H](CC(N)=O)C(=O)O)(c2ccccc2)CC1. The molecule has 0 aliphatic carbocycles. The molecular formula is C26H36N4O7. The van der Waals surface area contributed by atoms with Gasteiger partial charge in [-0.05, 0) is 52.0 Å². The number of nitrogens with one attached hydrogen (secondary N) is 1. The van der Waals surface area contributed by atoms with Gasteiger partial charge in [-0.2, -0.15) is 0 Å². The third-order valence-electron chi connectivity index (χ3n) is 6.86. The van der Waals surface area contributed by atoms with E-state index in [0.717, 1.165) is 0 Å². The molecule has 2 atom stereocenters. The number of benzene rings is 1. The van der Waals surface area contributed by atoms with Gasteiger partial charge >= 0.3 is 12.1 Å². The summed E-state index contributed by atoms with van der Waals surface area (Å²) in [5, 5.41) is 12.0. The van der Waals surface area contributed by atoms with Crippen LogP contribution >= 0.6 is 0 Å². The molecule has 0 saturated carbocycles. The number of carboxylic acid groups (broad SMARTS) is 1. The monoisotopic (exact) mass is 516 g/mol. The highest BCUT2D eigenvalue weighted by Crippen LogP contribution is 2.37. The molecule has 2 heterocycles. The summed E-state index contributed by atoms with van der Waals surface area (Å²) < 4.78 is 5.48. The number of hydrogen-bond acceptors (Lipinski definition) is 6. The van der Waals surface area contributed by atoms with E-state index in [2.05, 4.69) is 5.32 Å². The average Bonchev–Trinajstić information content (AvgIpc) is 3.32. The van der Waals surface area contributed by atoms with Crippen LogP contribution in [0.4, 0.5) is 4.79 Å². The van der Waals surface area contributed by atoms with Gasteiger partial charge in [0.25, 0.3) is 0 Å². The molecule has 11 nitrogen and oxygen atoms in total. The van der Waals surface area contributed by atoms with Gasteiger partial charge in [-0.3, -0.25) is 19.3 Å². The van der Waals surface area contributed by atoms with E-state index in [1.54, 1.807) is 49.9 Å². The second kappa shape index (κ2) is 11.2. The molecule has 3 rings (SSSR count). The van der Waals surface area contributed by atoms with Crippen LogP contribution < -0.4 is 11.1 Å². The van der Waals surface area contributed by atoms with Gasteiger partial charge in [0.05, 0.1) is 11.8 Å². The van der Waals surface area contributed by atoms with Crippen LogP contribution in [0.5, 0.6) is 0 Å². The van der Waals surface area contributed by atoms with E-state index in [4.69, 9.17) is 10.5 Å². The Morgan fingerprint density at radius 1 is 1.11 bits per heavy atom. The maximum atomic E-state index is 13.5. The molecule has 4 N–H and O–H groups in total. The van der Waals surface area contributed by atoms with Gasteiger partial charge in [0.2, 0.25) is 17.7 Å². The summed E-state index contributed by atoms with van der Waals surface area (Å²) >= 11 is 0. The van der Waals surface area contributed by atoms with E-state index in [9.17, 15) is 29.1 Å². The molecule has 1 aromatic rings. The topological polar surface area (TPSA) is 159 Å². The molecule has 2 aliphatic rings. The van der Waals surface area contributed by atoms with Crippen molar-refractivity contribution in [2.24, 2.45) is 5.73 Å². The van der Waals surface area contributed by atoms with Gasteiger partial charge in [-0.1, -0.05) is 30.3 Å². The van der Waals surface area contributed by atoms with Crippen LogP contribution in [0.3, 0.4) is 0 Å². The predicted octanol–water partition coefficient (Wildman–Crippen LogP) is 1.39. The van der Waals surface area contributed by atoms with Gasteiger partial charge in [0, 0.05) is 19.6 Å². The molecule has 11 heteroatoms. The number of primary amides is 1. The van der Waals surface area contributed by atoms with E-state index in [-0.39, 0.29) is 31.8 Å². The molecule has 0 spiro atoms. The van der Waals surface area contributed by atoms with Crippen molar-refractivity contribution in [1.29, 1.82) is 0 Å². The lowest BCUT2D eigenvalue weighted by Crippen LogP contribution is -2.58. The molecule has 202 valence electrons. The first kappa shape index (κ1) is 27.9. The van der Waals surface area contributed by atoms with Crippen molar-refractivity contribution >= 4 is 29.8 Å². The number of likely N-dealkylation sites (tertiary alicyclic amines) is 2. The standard InChI is InChI=1S/C26H36N4O7/c1-25(2,3)37-24(36)30-13-7-10-19(30)21(32)29-14-11-26(12-15-29,17-8-5-4-6-9-17)23(35)28-18(22(33)34)16-20(27)31/h4-6,8-9,18-19H,7,10-16H2,1-3H3,(H2,27,31)(H,28,35)(H,33,34)/t18-,19-/m0/s1. The molecule has 0 bridgehead atoms. The number of nitrogens with zero attached hydrogens (tertiary/aromatic N) is 2. The van der Waals surface area contributed by atoms with E-state index in [0.29, 0.717) is 24.9 Å². The van der Waals surface area contributed by atoms with E-state index in [1.807, 2.05) is 6.07 Å². The molecule has 37 heavy (non-hydrogen) atoms. The summed E-state index contributed by atoms with van der Waals surface area (Å²) in [4.78, 5) is 65.7. The zero-order chi connectivity index (χ0) is 27.4. The number of amides is 4. The summed E-state index contributed by atoms with van der Waals surface area (Å²) in [5.41, 5.74) is 4.10. The van der Waals surface area contributed by atoms with Gasteiger partial charge in [0.1, 0.15) is 17.7 Å². The first-order chi connectivity index (χ1) is 17.3. The van der Waals surface area contributed by atoms with Crippen LogP contribution in [-0.2, 0) is 29.3 Å². The molecule has 0 aromatic heterocycles. The summed E-state index contributed by atoms with van der Waals surface area (Å²) in [6.45, 7) is 6.24. The van der Waals surface area contributed by atoms with Crippen molar-refractivity contribution in [3.05, 3.63) is 35.9 Å². The van der Waals surface area contributed by atoms with Crippen LogP contribution in [0.2, 0.25) is 0 Å². The Balaban J connectivity index is 1.77. The summed E-state index contributed by atoms with van der Waals surface area (Å²) in [6, 6.07) is 6.90. The quantitative estimate of drug-likeness (QED) is 0.494. The second-order valence-corrected chi connectivity index (χ2v) is 10.6. The Hall–Kier alpha value is -3.63. The van der Waals surface area contributed by atoms with Crippen LogP contribution in [0.15, 0.2) is 30.3 Å². The minimum absolute atomic E-state index is 0.192. The molecule has 1 aromatic carbocycles. The number of nitrogens with two attached hydrogens (primary N) is 1. The van der Waals surface area contributed by atoms with Crippen LogP contribution in [0.25, 0.3) is 0 Å². The Morgan fingerprint density at radius 2 is 1.73 bits per heavy atom. The number of hydrogen-bond donors (Lipinski definition) is 3. The molecule has 2 aliphatic heterocycles. The van der Waals surface area contributed by atoms with Crippen LogP contribution in [0.1, 0.15) is 58.4 Å². The average molecular weight is 517 g/mol. The van der Waals surface area contributed by atoms with Crippen molar-refractivity contribution in [3.8, 4) is 0 Å². The lowest BCUT2D eigenvalue weighted by atomic mass is 9.71. The molecular weight excluding hydrogens is 480 g/mol. The van der Waals surface area contributed by atoms with Gasteiger partial charge in [0.15, 0.2) is 0 Å². The van der Waals surface area contributed by atoms with Crippen molar-refractivity contribution in [1.82, 2.24) is 15.1 Å². The molecule has 4 amide bonds. The fraction of sp³-hybridized carbons (Fsp3) is 0.577. The summed E-state index contributed by atoms with van der Waals surface area (Å²) in [5.74, 6) is -2.92. The number of rotatable bonds is 7. The fourth-order valence-electron chi connectivity index (χ4n) is 4.98. The van der Waals surface area contributed by atoms with Gasteiger partial charge in [-0.25, -0.2) is 9.59 Å². The third kappa shape index (κ3) is 6.58. The molecule has 2 fully saturated rings. The summed E-state index contributed by atoms with van der Waals surface area (Å²) in [7, 11) is 0. The number of carbonyl (C=O) groups is 5. The Labute approximate surface area is 216 Å². The van der Waals surface area contributed by atoms with Crippen LogP contribution in [-0.4, -0.2) is 82.0 Å². The zero-order valence-corrected chi connectivity index (χ0v) is 21.6. The number of piperidine rings is 1. The zero-order valence-electron chi connectivity index (χ0n) is 21.6. The Bertz CT molecular complexity index is 1030. The second-order valence-electron chi connectivity index (χ2n) is 10.6. The smallest absolute Gasteiger partial charge is 0.410 e. The number of ether oxygens (including phenoxy) is 1. The Kier molecular flexibility index (Phi) is 8.45. The highest BCUT2D eigenvalue weighted by molar-refractivity contribution is 5.94. The summed E-state index contributed by atoms with van der Waals surface area (Å²) in [6.07, 6.45) is 0.668. The largest absolute Gasteiger partial charge is 0.480 e. The lowest BCUT2D eigenvalue weighted by Gasteiger charge is -2.42. The number of aliphatic carboxylic acids is 1. The van der Waals surface area contributed by atoms with Crippen molar-refractivity contribution < 1.29 is 33.8 Å².